The van der Waals surface area contributed by atoms with Gasteiger partial charge in [0.2, 0.25) is 11.8 Å². The number of carbonyl (C=O) groups is 2. The molecule has 5 nitrogen and oxygen atoms in total. The number of nitrogens with two attached hydrogens (primary N) is 1. The van der Waals surface area contributed by atoms with Crippen LogP contribution in [0.3, 0.4) is 0 Å². The average Bonchev–Trinajstić information content (AvgIpc) is 2.91. The number of anilines is 2. The van der Waals surface area contributed by atoms with E-state index in [1.54, 1.807) is 30.3 Å². The molecule has 124 valence electrons. The topological polar surface area (TPSA) is 75.4 Å². The van der Waals surface area contributed by atoms with Crippen molar-refractivity contribution in [3.63, 3.8) is 0 Å². The number of hydrogen-bond donors (Lipinski definition) is 2. The molecule has 0 unspecified atom stereocenters. The fourth-order valence-electron chi connectivity index (χ4n) is 2.66. The van der Waals surface area contributed by atoms with Gasteiger partial charge in [0.1, 0.15) is 11.9 Å². The van der Waals surface area contributed by atoms with Crippen LogP contribution in [0.25, 0.3) is 0 Å². The molecule has 1 fully saturated rings. The van der Waals surface area contributed by atoms with Gasteiger partial charge < -0.3 is 16.0 Å². The summed E-state index contributed by atoms with van der Waals surface area (Å²) < 4.78 is 13.6. The van der Waals surface area contributed by atoms with Crippen molar-refractivity contribution in [1.82, 2.24) is 0 Å². The zero-order valence-electron chi connectivity index (χ0n) is 12.6. The highest BCUT2D eigenvalue weighted by atomic mass is 35.5. The number of rotatable bonds is 4. The lowest BCUT2D eigenvalue weighted by atomic mass is 10.1. The Hall–Kier alpha value is -2.60. The van der Waals surface area contributed by atoms with Crippen molar-refractivity contribution in [1.29, 1.82) is 0 Å². The van der Waals surface area contributed by atoms with Crippen LogP contribution < -0.4 is 16.0 Å². The minimum absolute atomic E-state index is 0.0228. The van der Waals surface area contributed by atoms with E-state index < -0.39 is 17.8 Å². The minimum atomic E-state index is -0.555. The predicted octanol–water partition coefficient (Wildman–Crippen LogP) is 2.80. The largest absolute Gasteiger partial charge is 0.374 e. The fourth-order valence-corrected chi connectivity index (χ4v) is 2.77. The molecular formula is C17H15ClFN3O2. The van der Waals surface area contributed by atoms with E-state index in [0.717, 1.165) is 0 Å². The molecule has 0 aliphatic carbocycles. The first kappa shape index (κ1) is 16.3. The Morgan fingerprint density at radius 1 is 1.25 bits per heavy atom. The minimum Gasteiger partial charge on any atom is -0.374 e. The highest BCUT2D eigenvalue weighted by molar-refractivity contribution is 6.30. The van der Waals surface area contributed by atoms with Gasteiger partial charge >= 0.3 is 0 Å². The van der Waals surface area contributed by atoms with E-state index in [0.29, 0.717) is 29.9 Å². The summed E-state index contributed by atoms with van der Waals surface area (Å²) in [6.07, 6.45) is 0.584. The standard InChI is InChI=1S/C17H15ClFN3O2/c18-13-6-5-12(9-14(13)19)22-8-7-15(17(22)24)21-11-3-1-10(2-4-11)16(20)23/h1-6,9,15,21H,7-8H2,(H2,20,23)/t15-/m0/s1. The Kier molecular flexibility index (Phi) is 4.40. The van der Waals surface area contributed by atoms with Gasteiger partial charge in [-0.15, -0.1) is 0 Å². The summed E-state index contributed by atoms with van der Waals surface area (Å²) in [6.45, 7) is 0.483. The third-order valence-corrected chi connectivity index (χ3v) is 4.24. The Labute approximate surface area is 143 Å². The van der Waals surface area contributed by atoms with E-state index in [-0.39, 0.29) is 10.9 Å². The van der Waals surface area contributed by atoms with Crippen LogP contribution in [0, 0.1) is 5.82 Å². The zero-order valence-corrected chi connectivity index (χ0v) is 13.4. The monoisotopic (exact) mass is 347 g/mol. The van der Waals surface area contributed by atoms with E-state index in [9.17, 15) is 14.0 Å². The highest BCUT2D eigenvalue weighted by Gasteiger charge is 2.32. The van der Waals surface area contributed by atoms with Gasteiger partial charge in [0.25, 0.3) is 0 Å². The van der Waals surface area contributed by atoms with Crippen LogP contribution in [0.15, 0.2) is 42.5 Å². The summed E-state index contributed by atoms with van der Waals surface area (Å²) in [7, 11) is 0. The number of primary amides is 1. The zero-order chi connectivity index (χ0) is 17.3. The normalized spacial score (nSPS) is 17.2. The molecule has 0 saturated carbocycles. The van der Waals surface area contributed by atoms with E-state index in [1.807, 2.05) is 0 Å². The molecule has 2 aromatic rings. The second-order valence-electron chi connectivity index (χ2n) is 5.52. The molecule has 3 rings (SSSR count). The number of nitrogens with zero attached hydrogens (tertiary/aromatic N) is 1. The maximum Gasteiger partial charge on any atom is 0.249 e. The first-order valence-corrected chi connectivity index (χ1v) is 7.76. The highest BCUT2D eigenvalue weighted by Crippen LogP contribution is 2.27. The van der Waals surface area contributed by atoms with Crippen LogP contribution in [0.1, 0.15) is 16.8 Å². The Morgan fingerprint density at radius 2 is 1.96 bits per heavy atom. The van der Waals surface area contributed by atoms with Crippen molar-refractivity contribution in [2.75, 3.05) is 16.8 Å². The molecule has 1 saturated heterocycles. The fraction of sp³-hybridized carbons (Fsp3) is 0.176. The average molecular weight is 348 g/mol. The summed E-state index contributed by atoms with van der Waals surface area (Å²) in [5.74, 6) is -1.20. The van der Waals surface area contributed by atoms with Gasteiger partial charge in [-0.1, -0.05) is 11.6 Å². The Bertz CT molecular complexity index is 795. The molecule has 7 heteroatoms. The maximum absolute atomic E-state index is 13.6. The lowest BCUT2D eigenvalue weighted by Crippen LogP contribution is -2.33. The number of halogens is 2. The van der Waals surface area contributed by atoms with E-state index >= 15 is 0 Å². The quantitative estimate of drug-likeness (QED) is 0.893. The number of hydrogen-bond acceptors (Lipinski definition) is 3. The SMILES string of the molecule is NC(=O)c1ccc(N[C@H]2CCN(c3ccc(Cl)c(F)c3)C2=O)cc1. The van der Waals surface area contributed by atoms with Crippen molar-refractivity contribution in [3.8, 4) is 0 Å². The van der Waals surface area contributed by atoms with Crippen molar-refractivity contribution in [3.05, 3.63) is 58.9 Å². The van der Waals surface area contributed by atoms with Crippen molar-refractivity contribution in [2.24, 2.45) is 5.73 Å². The summed E-state index contributed by atoms with van der Waals surface area (Å²) in [4.78, 5) is 25.1. The third kappa shape index (κ3) is 3.19. The van der Waals surface area contributed by atoms with Crippen LogP contribution in [0.2, 0.25) is 5.02 Å². The predicted molar refractivity (Wildman–Crippen MR) is 90.8 cm³/mol. The Morgan fingerprint density at radius 3 is 2.58 bits per heavy atom. The summed E-state index contributed by atoms with van der Waals surface area (Å²) in [5.41, 5.74) is 6.79. The van der Waals surface area contributed by atoms with Crippen LogP contribution in [-0.2, 0) is 4.79 Å². The second-order valence-corrected chi connectivity index (χ2v) is 5.92. The van der Waals surface area contributed by atoms with Gasteiger partial charge in [-0.2, -0.15) is 0 Å². The molecule has 0 spiro atoms. The molecule has 1 atom stereocenters. The summed E-state index contributed by atoms with van der Waals surface area (Å²) >= 11 is 5.67. The van der Waals surface area contributed by atoms with Crippen molar-refractivity contribution in [2.45, 2.75) is 12.5 Å². The molecule has 1 aliphatic rings. The molecule has 0 radical (unpaired) electrons. The lowest BCUT2D eigenvalue weighted by molar-refractivity contribution is -0.117. The maximum atomic E-state index is 13.6. The van der Waals surface area contributed by atoms with Gasteiger partial charge in [-0.25, -0.2) is 4.39 Å². The van der Waals surface area contributed by atoms with Crippen molar-refractivity contribution >= 4 is 34.8 Å². The van der Waals surface area contributed by atoms with Gasteiger partial charge in [0.05, 0.1) is 5.02 Å². The smallest absolute Gasteiger partial charge is 0.249 e. The van der Waals surface area contributed by atoms with Crippen LogP contribution in [0.5, 0.6) is 0 Å². The van der Waals surface area contributed by atoms with Gasteiger partial charge in [-0.3, -0.25) is 9.59 Å². The molecule has 2 amide bonds. The molecular weight excluding hydrogens is 333 g/mol. The number of benzene rings is 2. The third-order valence-electron chi connectivity index (χ3n) is 3.93. The summed E-state index contributed by atoms with van der Waals surface area (Å²) in [6, 6.07) is 10.5. The van der Waals surface area contributed by atoms with Gasteiger partial charge in [0, 0.05) is 23.5 Å². The van der Waals surface area contributed by atoms with Gasteiger partial charge in [0.15, 0.2) is 0 Å². The molecule has 0 aromatic heterocycles. The molecule has 3 N–H and O–H groups in total. The first-order chi connectivity index (χ1) is 11.5. The molecule has 24 heavy (non-hydrogen) atoms. The number of nitrogens with one attached hydrogen (secondary N) is 1. The number of carbonyl (C=O) groups excluding carboxylic acids is 2. The van der Waals surface area contributed by atoms with Crippen LogP contribution >= 0.6 is 11.6 Å². The molecule has 2 aromatic carbocycles. The molecule has 1 heterocycles. The molecule has 1 aliphatic heterocycles. The van der Waals surface area contributed by atoms with E-state index in [1.165, 1.54) is 17.0 Å². The Balaban J connectivity index is 1.71. The van der Waals surface area contributed by atoms with E-state index in [4.69, 9.17) is 17.3 Å². The summed E-state index contributed by atoms with van der Waals surface area (Å²) in [5, 5.41) is 3.14. The van der Waals surface area contributed by atoms with Crippen LogP contribution in [-0.4, -0.2) is 24.4 Å². The van der Waals surface area contributed by atoms with Crippen molar-refractivity contribution < 1.29 is 14.0 Å². The lowest BCUT2D eigenvalue weighted by Gasteiger charge is -2.18. The molecule has 0 bridgehead atoms. The number of amides is 2. The second kappa shape index (κ2) is 6.49. The van der Waals surface area contributed by atoms with Crippen LogP contribution in [0.4, 0.5) is 15.8 Å². The van der Waals surface area contributed by atoms with E-state index in [2.05, 4.69) is 5.32 Å². The first-order valence-electron chi connectivity index (χ1n) is 7.38. The van der Waals surface area contributed by atoms with Gasteiger partial charge in [-0.05, 0) is 48.9 Å².